The maximum atomic E-state index is 11.9. The Bertz CT molecular complexity index is 386. The van der Waals surface area contributed by atoms with Crippen LogP contribution in [0.2, 0.25) is 0 Å². The van der Waals surface area contributed by atoms with Gasteiger partial charge in [-0.1, -0.05) is 31.7 Å². The Labute approximate surface area is 121 Å². The number of hydrogen-bond donors (Lipinski definition) is 2. The number of aromatic nitrogens is 1. The lowest BCUT2D eigenvalue weighted by atomic mass is 10.1. The fraction of sp³-hybridized carbons (Fsp3) is 0.625. The van der Waals surface area contributed by atoms with Crippen molar-refractivity contribution in [2.45, 2.75) is 57.5 Å². The van der Waals surface area contributed by atoms with Gasteiger partial charge in [-0.05, 0) is 24.5 Å². The molecule has 20 heavy (non-hydrogen) atoms. The van der Waals surface area contributed by atoms with Crippen LogP contribution in [0.15, 0.2) is 24.5 Å². The van der Waals surface area contributed by atoms with Gasteiger partial charge in [-0.3, -0.25) is 9.78 Å². The summed E-state index contributed by atoms with van der Waals surface area (Å²) in [6.45, 7) is 1.48. The Hall–Kier alpha value is -1.42. The van der Waals surface area contributed by atoms with Crippen molar-refractivity contribution in [1.29, 1.82) is 0 Å². The minimum absolute atomic E-state index is 0.176. The van der Waals surface area contributed by atoms with E-state index in [0.29, 0.717) is 19.0 Å². The van der Waals surface area contributed by atoms with Gasteiger partial charge in [0, 0.05) is 37.9 Å². The van der Waals surface area contributed by atoms with Crippen molar-refractivity contribution in [3.8, 4) is 0 Å². The molecule has 0 atom stereocenters. The molecule has 1 amide bonds. The Morgan fingerprint density at radius 1 is 1.25 bits per heavy atom. The van der Waals surface area contributed by atoms with Crippen LogP contribution in [0.1, 0.15) is 50.5 Å². The first-order valence-electron chi connectivity index (χ1n) is 7.73. The van der Waals surface area contributed by atoms with Crippen LogP contribution in [0.25, 0.3) is 0 Å². The van der Waals surface area contributed by atoms with Crippen molar-refractivity contribution in [2.24, 2.45) is 0 Å². The summed E-state index contributed by atoms with van der Waals surface area (Å²) in [5.41, 5.74) is 1.15. The third kappa shape index (κ3) is 5.70. The highest BCUT2D eigenvalue weighted by molar-refractivity contribution is 5.76. The normalized spacial score (nSPS) is 16.6. The molecule has 1 saturated carbocycles. The predicted molar refractivity (Wildman–Crippen MR) is 80.2 cm³/mol. The first-order valence-corrected chi connectivity index (χ1v) is 7.73. The van der Waals surface area contributed by atoms with Crippen LogP contribution in [-0.4, -0.2) is 23.5 Å². The monoisotopic (exact) mass is 275 g/mol. The summed E-state index contributed by atoms with van der Waals surface area (Å²) >= 11 is 0. The van der Waals surface area contributed by atoms with E-state index < -0.39 is 0 Å². The second-order valence-corrected chi connectivity index (χ2v) is 5.54. The van der Waals surface area contributed by atoms with Crippen molar-refractivity contribution in [3.05, 3.63) is 30.1 Å². The van der Waals surface area contributed by atoms with Gasteiger partial charge in [0.2, 0.25) is 5.91 Å². The molecule has 0 unspecified atom stereocenters. The maximum Gasteiger partial charge on any atom is 0.221 e. The molecule has 0 aromatic carbocycles. The van der Waals surface area contributed by atoms with Crippen molar-refractivity contribution in [1.82, 2.24) is 15.6 Å². The second-order valence-electron chi connectivity index (χ2n) is 5.54. The van der Waals surface area contributed by atoms with Crippen LogP contribution < -0.4 is 10.6 Å². The van der Waals surface area contributed by atoms with Crippen LogP contribution >= 0.6 is 0 Å². The molecule has 4 nitrogen and oxygen atoms in total. The van der Waals surface area contributed by atoms with Crippen LogP contribution in [0.4, 0.5) is 0 Å². The van der Waals surface area contributed by atoms with E-state index in [9.17, 15) is 4.79 Å². The number of amides is 1. The van der Waals surface area contributed by atoms with Gasteiger partial charge in [-0.15, -0.1) is 0 Å². The van der Waals surface area contributed by atoms with Crippen molar-refractivity contribution < 1.29 is 4.79 Å². The maximum absolute atomic E-state index is 11.9. The van der Waals surface area contributed by atoms with E-state index in [0.717, 1.165) is 24.9 Å². The number of carbonyl (C=O) groups is 1. The first-order chi connectivity index (χ1) is 9.84. The Morgan fingerprint density at radius 2 is 2.05 bits per heavy atom. The molecule has 4 heteroatoms. The number of carbonyl (C=O) groups excluding carboxylic acids is 1. The molecule has 110 valence electrons. The third-order valence-electron chi connectivity index (χ3n) is 3.80. The zero-order valence-electron chi connectivity index (χ0n) is 12.1. The third-order valence-corrected chi connectivity index (χ3v) is 3.80. The topological polar surface area (TPSA) is 54.0 Å². The predicted octanol–water partition coefficient (Wildman–Crippen LogP) is 2.40. The second kappa shape index (κ2) is 8.69. The number of rotatable bonds is 6. The minimum atomic E-state index is 0.176. The van der Waals surface area contributed by atoms with E-state index in [4.69, 9.17) is 0 Å². The summed E-state index contributed by atoms with van der Waals surface area (Å²) in [7, 11) is 0. The average Bonchev–Trinajstić information content (AvgIpc) is 2.73. The van der Waals surface area contributed by atoms with Gasteiger partial charge in [0.05, 0.1) is 0 Å². The lowest BCUT2D eigenvalue weighted by Crippen LogP contribution is -2.35. The summed E-state index contributed by atoms with van der Waals surface area (Å²) in [4.78, 5) is 15.9. The highest BCUT2D eigenvalue weighted by Gasteiger charge is 2.14. The molecule has 0 saturated heterocycles. The van der Waals surface area contributed by atoms with Gasteiger partial charge < -0.3 is 10.6 Å². The van der Waals surface area contributed by atoms with E-state index in [2.05, 4.69) is 15.6 Å². The van der Waals surface area contributed by atoms with E-state index >= 15 is 0 Å². The quantitative estimate of drug-likeness (QED) is 0.619. The van der Waals surface area contributed by atoms with Gasteiger partial charge in [0.1, 0.15) is 0 Å². The summed E-state index contributed by atoms with van der Waals surface area (Å²) < 4.78 is 0. The fourth-order valence-electron chi connectivity index (χ4n) is 2.66. The molecule has 1 aromatic rings. The molecule has 1 aliphatic carbocycles. The van der Waals surface area contributed by atoms with Gasteiger partial charge in [-0.2, -0.15) is 0 Å². The van der Waals surface area contributed by atoms with Gasteiger partial charge in [0.15, 0.2) is 0 Å². The summed E-state index contributed by atoms with van der Waals surface area (Å²) in [5.74, 6) is 0.176. The molecule has 0 spiro atoms. The smallest absolute Gasteiger partial charge is 0.221 e. The van der Waals surface area contributed by atoms with Gasteiger partial charge >= 0.3 is 0 Å². The van der Waals surface area contributed by atoms with Crippen LogP contribution in [0.5, 0.6) is 0 Å². The minimum Gasteiger partial charge on any atom is -0.353 e. The number of pyridine rings is 1. The van der Waals surface area contributed by atoms with Crippen LogP contribution in [-0.2, 0) is 11.3 Å². The zero-order chi connectivity index (χ0) is 14.0. The Balaban J connectivity index is 1.58. The van der Waals surface area contributed by atoms with Crippen LogP contribution in [0, 0.1) is 0 Å². The Morgan fingerprint density at radius 3 is 2.75 bits per heavy atom. The highest BCUT2D eigenvalue weighted by atomic mass is 16.1. The molecule has 1 aromatic heterocycles. The molecule has 1 heterocycles. The highest BCUT2D eigenvalue weighted by Crippen LogP contribution is 2.17. The van der Waals surface area contributed by atoms with E-state index in [1.165, 1.54) is 25.7 Å². The molecule has 2 N–H and O–H groups in total. The van der Waals surface area contributed by atoms with E-state index in [1.807, 2.05) is 18.3 Å². The molecule has 0 bridgehead atoms. The molecule has 0 aliphatic heterocycles. The van der Waals surface area contributed by atoms with Crippen molar-refractivity contribution in [2.75, 3.05) is 6.54 Å². The van der Waals surface area contributed by atoms with E-state index in [1.54, 1.807) is 6.20 Å². The lowest BCUT2D eigenvalue weighted by molar-refractivity contribution is -0.121. The summed E-state index contributed by atoms with van der Waals surface area (Å²) in [5, 5.41) is 6.45. The SMILES string of the molecule is O=C(CCNCc1cccnc1)NC1CCCCCC1. The Kier molecular flexibility index (Phi) is 6.51. The summed E-state index contributed by atoms with van der Waals surface area (Å²) in [6.07, 6.45) is 11.6. The number of nitrogens with one attached hydrogen (secondary N) is 2. The first kappa shape index (κ1) is 15.0. The molecule has 1 aliphatic rings. The lowest BCUT2D eigenvalue weighted by Gasteiger charge is -2.16. The van der Waals surface area contributed by atoms with E-state index in [-0.39, 0.29) is 5.91 Å². The largest absolute Gasteiger partial charge is 0.353 e. The fourth-order valence-corrected chi connectivity index (χ4v) is 2.66. The van der Waals surface area contributed by atoms with Gasteiger partial charge in [0.25, 0.3) is 0 Å². The molecular weight excluding hydrogens is 250 g/mol. The van der Waals surface area contributed by atoms with Crippen LogP contribution in [0.3, 0.4) is 0 Å². The van der Waals surface area contributed by atoms with Gasteiger partial charge in [-0.25, -0.2) is 0 Å². The molecule has 1 fully saturated rings. The molecule has 2 rings (SSSR count). The summed E-state index contributed by atoms with van der Waals surface area (Å²) in [6, 6.07) is 4.37. The molecule has 0 radical (unpaired) electrons. The van der Waals surface area contributed by atoms with Crippen molar-refractivity contribution in [3.63, 3.8) is 0 Å². The molecular formula is C16H25N3O. The number of nitrogens with zero attached hydrogens (tertiary/aromatic N) is 1. The van der Waals surface area contributed by atoms with Crippen molar-refractivity contribution >= 4 is 5.91 Å². The zero-order valence-corrected chi connectivity index (χ0v) is 12.1. The average molecular weight is 275 g/mol. The number of hydrogen-bond acceptors (Lipinski definition) is 3. The standard InChI is InChI=1S/C16H25N3O/c20-16(19-15-7-3-1-2-4-8-15)9-11-18-13-14-6-5-10-17-12-14/h5-6,10,12,15,18H,1-4,7-9,11,13H2,(H,19,20).